The lowest BCUT2D eigenvalue weighted by Crippen LogP contribution is -2.13. The third-order valence-corrected chi connectivity index (χ3v) is 3.19. The van der Waals surface area contributed by atoms with Crippen molar-refractivity contribution in [1.29, 1.82) is 0 Å². The van der Waals surface area contributed by atoms with Crippen LogP contribution in [0.4, 0.5) is 4.39 Å². The first-order valence-electron chi connectivity index (χ1n) is 5.74. The van der Waals surface area contributed by atoms with E-state index < -0.39 is 0 Å². The third-order valence-electron chi connectivity index (χ3n) is 2.70. The average molecular weight is 329 g/mol. The van der Waals surface area contributed by atoms with E-state index in [4.69, 9.17) is 10.5 Å². The number of ether oxygens (including phenoxy) is 1. The first-order chi connectivity index (χ1) is 9.17. The van der Waals surface area contributed by atoms with Crippen molar-refractivity contribution in [3.05, 3.63) is 34.3 Å². The summed E-state index contributed by atoms with van der Waals surface area (Å²) in [4.78, 5) is 0. The van der Waals surface area contributed by atoms with Crippen LogP contribution in [0.15, 0.2) is 22.7 Å². The van der Waals surface area contributed by atoms with Crippen LogP contribution in [0.5, 0.6) is 0 Å². The molecular formula is C12H14BrFN4O. The molecule has 0 saturated carbocycles. The van der Waals surface area contributed by atoms with Crippen molar-refractivity contribution in [2.24, 2.45) is 5.73 Å². The molecule has 5 nitrogen and oxygen atoms in total. The first-order valence-corrected chi connectivity index (χ1v) is 6.53. The van der Waals surface area contributed by atoms with Crippen molar-refractivity contribution in [3.8, 4) is 11.4 Å². The SMILES string of the molecule is COCCn1c(CN)nnc1-c1cc(Br)ccc1F. The normalized spacial score (nSPS) is 10.9. The van der Waals surface area contributed by atoms with Gasteiger partial charge < -0.3 is 15.0 Å². The Labute approximate surface area is 118 Å². The Bertz CT molecular complexity index is 573. The molecule has 0 spiro atoms. The maximum atomic E-state index is 13.9. The Morgan fingerprint density at radius 2 is 2.21 bits per heavy atom. The molecule has 0 aliphatic heterocycles. The monoisotopic (exact) mass is 328 g/mol. The van der Waals surface area contributed by atoms with Crippen LogP contribution in [0.1, 0.15) is 5.82 Å². The van der Waals surface area contributed by atoms with Crippen LogP contribution in [0.3, 0.4) is 0 Å². The second-order valence-corrected chi connectivity index (χ2v) is 4.83. The lowest BCUT2D eigenvalue weighted by atomic mass is 10.2. The van der Waals surface area contributed by atoms with Gasteiger partial charge >= 0.3 is 0 Å². The molecule has 7 heteroatoms. The van der Waals surface area contributed by atoms with E-state index in [1.807, 2.05) is 0 Å². The molecular weight excluding hydrogens is 315 g/mol. The quantitative estimate of drug-likeness (QED) is 0.911. The van der Waals surface area contributed by atoms with Crippen LogP contribution >= 0.6 is 15.9 Å². The highest BCUT2D eigenvalue weighted by molar-refractivity contribution is 9.10. The molecule has 2 N–H and O–H groups in total. The Morgan fingerprint density at radius 3 is 2.89 bits per heavy atom. The number of halogens is 2. The standard InChI is InChI=1S/C12H14BrFN4O/c1-19-5-4-18-11(7-15)16-17-12(18)9-6-8(13)2-3-10(9)14/h2-3,6H,4-5,7,15H2,1H3. The van der Waals surface area contributed by atoms with E-state index in [0.29, 0.717) is 30.4 Å². The number of hydrogen-bond donors (Lipinski definition) is 1. The number of methoxy groups -OCH3 is 1. The highest BCUT2D eigenvalue weighted by Gasteiger charge is 2.16. The van der Waals surface area contributed by atoms with E-state index in [2.05, 4.69) is 26.1 Å². The Hall–Kier alpha value is -1.31. The summed E-state index contributed by atoms with van der Waals surface area (Å²) in [5.41, 5.74) is 6.00. The van der Waals surface area contributed by atoms with Crippen LogP contribution in [-0.4, -0.2) is 28.5 Å². The van der Waals surface area contributed by atoms with Gasteiger partial charge in [0.2, 0.25) is 0 Å². The highest BCUT2D eigenvalue weighted by atomic mass is 79.9. The van der Waals surface area contributed by atoms with E-state index >= 15 is 0 Å². The number of aromatic nitrogens is 3. The number of nitrogens with zero attached hydrogens (tertiary/aromatic N) is 3. The largest absolute Gasteiger partial charge is 0.383 e. The minimum Gasteiger partial charge on any atom is -0.383 e. The smallest absolute Gasteiger partial charge is 0.167 e. The van der Waals surface area contributed by atoms with E-state index in [9.17, 15) is 4.39 Å². The zero-order chi connectivity index (χ0) is 13.8. The fraction of sp³-hybridized carbons (Fsp3) is 0.333. The Kier molecular flexibility index (Phi) is 4.62. The van der Waals surface area contributed by atoms with E-state index in [0.717, 1.165) is 4.47 Å². The Balaban J connectivity index is 2.49. The van der Waals surface area contributed by atoms with Gasteiger partial charge in [-0.3, -0.25) is 0 Å². The second-order valence-electron chi connectivity index (χ2n) is 3.91. The van der Waals surface area contributed by atoms with E-state index in [-0.39, 0.29) is 12.4 Å². The molecule has 0 aliphatic rings. The zero-order valence-electron chi connectivity index (χ0n) is 10.4. The molecule has 1 aromatic carbocycles. The minimum absolute atomic E-state index is 0.242. The van der Waals surface area contributed by atoms with E-state index in [1.165, 1.54) is 6.07 Å². The van der Waals surface area contributed by atoms with Gasteiger partial charge in [-0.15, -0.1) is 10.2 Å². The van der Waals surface area contributed by atoms with Crippen molar-refractivity contribution in [1.82, 2.24) is 14.8 Å². The lowest BCUT2D eigenvalue weighted by molar-refractivity contribution is 0.186. The summed E-state index contributed by atoms with van der Waals surface area (Å²) in [5.74, 6) is 0.709. The van der Waals surface area contributed by atoms with Gasteiger partial charge in [0.25, 0.3) is 0 Å². The molecule has 0 amide bonds. The average Bonchev–Trinajstić information content (AvgIpc) is 2.81. The van der Waals surface area contributed by atoms with Crippen LogP contribution in [0.2, 0.25) is 0 Å². The van der Waals surface area contributed by atoms with Gasteiger partial charge in [0.05, 0.1) is 18.7 Å². The minimum atomic E-state index is -0.349. The third kappa shape index (κ3) is 2.99. The van der Waals surface area contributed by atoms with Gasteiger partial charge in [-0.1, -0.05) is 15.9 Å². The van der Waals surface area contributed by atoms with Crippen molar-refractivity contribution in [2.45, 2.75) is 13.1 Å². The summed E-state index contributed by atoms with van der Waals surface area (Å²) >= 11 is 3.32. The molecule has 1 heterocycles. The number of benzene rings is 1. The van der Waals surface area contributed by atoms with Gasteiger partial charge in [-0.05, 0) is 18.2 Å². The number of nitrogens with two attached hydrogens (primary N) is 1. The highest BCUT2D eigenvalue weighted by Crippen LogP contribution is 2.25. The second kappa shape index (κ2) is 6.23. The van der Waals surface area contributed by atoms with Crippen molar-refractivity contribution < 1.29 is 9.13 Å². The van der Waals surface area contributed by atoms with E-state index in [1.54, 1.807) is 23.8 Å². The van der Waals surface area contributed by atoms with Crippen LogP contribution in [-0.2, 0) is 17.8 Å². The summed E-state index contributed by atoms with van der Waals surface area (Å²) < 4.78 is 21.5. The first kappa shape index (κ1) is 14.1. The molecule has 0 atom stereocenters. The Morgan fingerprint density at radius 1 is 1.42 bits per heavy atom. The molecule has 0 unspecified atom stereocenters. The van der Waals surface area contributed by atoms with Crippen molar-refractivity contribution in [2.75, 3.05) is 13.7 Å². The topological polar surface area (TPSA) is 66.0 Å². The van der Waals surface area contributed by atoms with Crippen molar-refractivity contribution in [3.63, 3.8) is 0 Å². The van der Waals surface area contributed by atoms with Crippen molar-refractivity contribution >= 4 is 15.9 Å². The fourth-order valence-corrected chi connectivity index (χ4v) is 2.13. The van der Waals surface area contributed by atoms with Gasteiger partial charge in [-0.2, -0.15) is 0 Å². The summed E-state index contributed by atoms with van der Waals surface area (Å²) in [7, 11) is 1.60. The number of hydrogen-bond acceptors (Lipinski definition) is 4. The zero-order valence-corrected chi connectivity index (χ0v) is 12.0. The van der Waals surface area contributed by atoms with Gasteiger partial charge in [0.1, 0.15) is 11.6 Å². The summed E-state index contributed by atoms with van der Waals surface area (Å²) in [5, 5.41) is 8.01. The van der Waals surface area contributed by atoms with Crippen LogP contribution < -0.4 is 5.73 Å². The molecule has 102 valence electrons. The van der Waals surface area contributed by atoms with Gasteiger partial charge in [-0.25, -0.2) is 4.39 Å². The summed E-state index contributed by atoms with van der Waals surface area (Å²) in [6.07, 6.45) is 0. The molecule has 0 bridgehead atoms. The molecule has 19 heavy (non-hydrogen) atoms. The van der Waals surface area contributed by atoms with Gasteiger partial charge in [0, 0.05) is 18.1 Å². The predicted octanol–water partition coefficient (Wildman–Crippen LogP) is 1.95. The van der Waals surface area contributed by atoms with Crippen LogP contribution in [0.25, 0.3) is 11.4 Å². The number of rotatable bonds is 5. The molecule has 0 aliphatic carbocycles. The molecule has 0 radical (unpaired) electrons. The maximum Gasteiger partial charge on any atom is 0.167 e. The van der Waals surface area contributed by atoms with Gasteiger partial charge in [0.15, 0.2) is 5.82 Å². The molecule has 0 fully saturated rings. The molecule has 2 rings (SSSR count). The van der Waals surface area contributed by atoms with Crippen LogP contribution in [0, 0.1) is 5.82 Å². The summed E-state index contributed by atoms with van der Waals surface area (Å²) in [6, 6.07) is 4.69. The predicted molar refractivity (Wildman–Crippen MR) is 72.9 cm³/mol. The summed E-state index contributed by atoms with van der Waals surface area (Å²) in [6.45, 7) is 1.25. The fourth-order valence-electron chi connectivity index (χ4n) is 1.77. The molecule has 2 aromatic rings. The maximum absolute atomic E-state index is 13.9. The molecule has 1 aromatic heterocycles. The molecule has 0 saturated heterocycles. The lowest BCUT2D eigenvalue weighted by Gasteiger charge is -2.09.